The van der Waals surface area contributed by atoms with Crippen LogP contribution in [-0.4, -0.2) is 22.5 Å². The Morgan fingerprint density at radius 1 is 1.04 bits per heavy atom. The largest absolute Gasteiger partial charge is 0.484 e. The van der Waals surface area contributed by atoms with E-state index in [1.54, 1.807) is 0 Å². The fourth-order valence-electron chi connectivity index (χ4n) is 2.12. The zero-order valence-corrected chi connectivity index (χ0v) is 13.6. The zero-order chi connectivity index (χ0) is 17.6. The van der Waals surface area contributed by atoms with Crippen molar-refractivity contribution in [2.24, 2.45) is 0 Å². The number of carbonyl (C=O) groups is 1. The molecule has 0 aliphatic rings. The van der Waals surface area contributed by atoms with E-state index in [0.29, 0.717) is 17.3 Å². The molecule has 0 fully saturated rings. The van der Waals surface area contributed by atoms with Crippen molar-refractivity contribution in [3.8, 4) is 17.1 Å². The maximum absolute atomic E-state index is 12.8. The summed E-state index contributed by atoms with van der Waals surface area (Å²) in [7, 11) is 0. The number of benzene rings is 2. The summed E-state index contributed by atoms with van der Waals surface area (Å²) >= 11 is 0. The van der Waals surface area contributed by atoms with Gasteiger partial charge in [-0.2, -0.15) is 0 Å². The molecule has 25 heavy (non-hydrogen) atoms. The van der Waals surface area contributed by atoms with Gasteiger partial charge in [-0.05, 0) is 31.2 Å². The van der Waals surface area contributed by atoms with Gasteiger partial charge in [-0.3, -0.25) is 4.79 Å². The van der Waals surface area contributed by atoms with Crippen molar-refractivity contribution < 1.29 is 13.9 Å². The second-order valence-corrected chi connectivity index (χ2v) is 5.45. The van der Waals surface area contributed by atoms with Crippen LogP contribution in [0.5, 0.6) is 5.75 Å². The number of nitrogens with zero attached hydrogens (tertiary/aromatic N) is 2. The minimum absolute atomic E-state index is 0.189. The lowest BCUT2D eigenvalue weighted by Gasteiger charge is -2.07. The van der Waals surface area contributed by atoms with Crippen LogP contribution in [0.1, 0.15) is 5.56 Å². The minimum Gasteiger partial charge on any atom is -0.484 e. The molecule has 0 aliphatic heterocycles. The van der Waals surface area contributed by atoms with Gasteiger partial charge in [0.15, 0.2) is 12.4 Å². The van der Waals surface area contributed by atoms with E-state index in [1.165, 1.54) is 36.7 Å². The summed E-state index contributed by atoms with van der Waals surface area (Å²) in [5.41, 5.74) is 2.54. The number of anilines is 1. The van der Waals surface area contributed by atoms with Crippen LogP contribution in [0.15, 0.2) is 60.9 Å². The highest BCUT2D eigenvalue weighted by atomic mass is 19.1. The fourth-order valence-corrected chi connectivity index (χ4v) is 2.12. The van der Waals surface area contributed by atoms with Gasteiger partial charge in [0.25, 0.3) is 5.91 Å². The van der Waals surface area contributed by atoms with Gasteiger partial charge >= 0.3 is 0 Å². The fraction of sp³-hybridized carbons (Fsp3) is 0.105. The van der Waals surface area contributed by atoms with Crippen molar-refractivity contribution >= 4 is 11.6 Å². The predicted molar refractivity (Wildman–Crippen MR) is 92.7 cm³/mol. The number of hydrogen-bond donors (Lipinski definition) is 1. The van der Waals surface area contributed by atoms with Crippen molar-refractivity contribution in [1.29, 1.82) is 0 Å². The molecular weight excluding hydrogens is 321 g/mol. The second-order valence-electron chi connectivity index (χ2n) is 5.45. The molecular formula is C19H16FN3O2. The zero-order valence-electron chi connectivity index (χ0n) is 13.6. The molecule has 1 heterocycles. The lowest BCUT2D eigenvalue weighted by atomic mass is 10.1. The SMILES string of the molecule is Cc1ccc(-c2ncc(NC(=O)COc3ccc(F)cc3)cn2)cc1. The number of rotatable bonds is 5. The third-order valence-electron chi connectivity index (χ3n) is 3.43. The minimum atomic E-state index is -0.359. The van der Waals surface area contributed by atoms with Gasteiger partial charge in [0, 0.05) is 5.56 Å². The first kappa shape index (κ1) is 16.6. The molecule has 0 atom stereocenters. The molecule has 126 valence electrons. The van der Waals surface area contributed by atoms with Crippen molar-refractivity contribution in [3.05, 3.63) is 72.3 Å². The van der Waals surface area contributed by atoms with Crippen LogP contribution in [-0.2, 0) is 4.79 Å². The van der Waals surface area contributed by atoms with Crippen LogP contribution in [0.2, 0.25) is 0 Å². The van der Waals surface area contributed by atoms with Crippen LogP contribution in [0.4, 0.5) is 10.1 Å². The van der Waals surface area contributed by atoms with Gasteiger partial charge in [0.1, 0.15) is 11.6 Å². The molecule has 0 radical (unpaired) electrons. The van der Waals surface area contributed by atoms with Gasteiger partial charge in [-0.15, -0.1) is 0 Å². The number of hydrogen-bond acceptors (Lipinski definition) is 4. The molecule has 1 N–H and O–H groups in total. The molecule has 2 aromatic carbocycles. The summed E-state index contributed by atoms with van der Waals surface area (Å²) < 4.78 is 18.1. The summed E-state index contributed by atoms with van der Waals surface area (Å²) in [5.74, 6) is 0.293. The predicted octanol–water partition coefficient (Wildman–Crippen LogP) is 3.61. The van der Waals surface area contributed by atoms with Crippen LogP contribution >= 0.6 is 0 Å². The Balaban J connectivity index is 1.56. The topological polar surface area (TPSA) is 64.1 Å². The normalized spacial score (nSPS) is 10.3. The van der Waals surface area contributed by atoms with Crippen LogP contribution in [0.3, 0.4) is 0 Å². The molecule has 1 aromatic heterocycles. The Morgan fingerprint density at radius 2 is 1.68 bits per heavy atom. The number of aryl methyl sites for hydroxylation is 1. The van der Waals surface area contributed by atoms with Crippen LogP contribution in [0.25, 0.3) is 11.4 Å². The lowest BCUT2D eigenvalue weighted by molar-refractivity contribution is -0.118. The Labute approximate surface area is 144 Å². The van der Waals surface area contributed by atoms with E-state index < -0.39 is 0 Å². The molecule has 0 saturated carbocycles. The van der Waals surface area contributed by atoms with E-state index in [4.69, 9.17) is 4.74 Å². The molecule has 1 amide bonds. The number of ether oxygens (including phenoxy) is 1. The van der Waals surface area contributed by atoms with Crippen molar-refractivity contribution in [2.75, 3.05) is 11.9 Å². The number of aromatic nitrogens is 2. The summed E-state index contributed by atoms with van der Waals surface area (Å²) in [4.78, 5) is 20.4. The smallest absolute Gasteiger partial charge is 0.262 e. The van der Waals surface area contributed by atoms with E-state index in [2.05, 4.69) is 15.3 Å². The summed E-state index contributed by atoms with van der Waals surface area (Å²) in [6.45, 7) is 1.82. The van der Waals surface area contributed by atoms with Gasteiger partial charge in [-0.1, -0.05) is 29.8 Å². The molecule has 6 heteroatoms. The molecule has 0 spiro atoms. The van der Waals surface area contributed by atoms with E-state index in [-0.39, 0.29) is 18.3 Å². The van der Waals surface area contributed by atoms with E-state index in [0.717, 1.165) is 11.1 Å². The quantitative estimate of drug-likeness (QED) is 0.772. The molecule has 0 saturated heterocycles. The Kier molecular flexibility index (Phi) is 4.99. The summed E-state index contributed by atoms with van der Waals surface area (Å²) in [5, 5.41) is 2.65. The third-order valence-corrected chi connectivity index (χ3v) is 3.43. The summed E-state index contributed by atoms with van der Waals surface area (Å²) in [6, 6.07) is 13.3. The van der Waals surface area contributed by atoms with Gasteiger partial charge in [0.2, 0.25) is 0 Å². The van der Waals surface area contributed by atoms with Crippen LogP contribution < -0.4 is 10.1 Å². The van der Waals surface area contributed by atoms with Crippen molar-refractivity contribution in [2.45, 2.75) is 6.92 Å². The first-order valence-electron chi connectivity index (χ1n) is 7.67. The Bertz CT molecular complexity index is 847. The van der Waals surface area contributed by atoms with E-state index in [9.17, 15) is 9.18 Å². The molecule has 3 rings (SSSR count). The van der Waals surface area contributed by atoms with Gasteiger partial charge < -0.3 is 10.1 Å². The average molecular weight is 337 g/mol. The number of nitrogens with one attached hydrogen (secondary N) is 1. The highest BCUT2D eigenvalue weighted by Crippen LogP contribution is 2.16. The maximum atomic E-state index is 12.8. The van der Waals surface area contributed by atoms with Crippen LogP contribution in [0, 0.1) is 12.7 Å². The molecule has 0 unspecified atom stereocenters. The van der Waals surface area contributed by atoms with Crippen molar-refractivity contribution in [1.82, 2.24) is 9.97 Å². The molecule has 5 nitrogen and oxygen atoms in total. The first-order valence-corrected chi connectivity index (χ1v) is 7.67. The molecule has 0 bridgehead atoms. The van der Waals surface area contributed by atoms with Gasteiger partial charge in [-0.25, -0.2) is 14.4 Å². The number of halogens is 1. The highest BCUT2D eigenvalue weighted by Gasteiger charge is 2.06. The molecule has 3 aromatic rings. The average Bonchev–Trinajstić information content (AvgIpc) is 2.63. The van der Waals surface area contributed by atoms with E-state index >= 15 is 0 Å². The highest BCUT2D eigenvalue weighted by molar-refractivity contribution is 5.91. The monoisotopic (exact) mass is 337 g/mol. The third kappa shape index (κ3) is 4.60. The summed E-state index contributed by atoms with van der Waals surface area (Å²) in [6.07, 6.45) is 3.08. The Morgan fingerprint density at radius 3 is 2.32 bits per heavy atom. The Hall–Kier alpha value is -3.28. The number of amides is 1. The standard InChI is InChI=1S/C19H16FN3O2/c1-13-2-4-14(5-3-13)19-21-10-16(11-22-19)23-18(24)12-25-17-8-6-15(20)7-9-17/h2-11H,12H2,1H3,(H,23,24). The number of carbonyl (C=O) groups excluding carboxylic acids is 1. The van der Waals surface area contributed by atoms with E-state index in [1.807, 2.05) is 31.2 Å². The lowest BCUT2D eigenvalue weighted by Crippen LogP contribution is -2.20. The maximum Gasteiger partial charge on any atom is 0.262 e. The first-order chi connectivity index (χ1) is 12.1. The van der Waals surface area contributed by atoms with Crippen molar-refractivity contribution in [3.63, 3.8) is 0 Å². The molecule has 0 aliphatic carbocycles. The van der Waals surface area contributed by atoms with Gasteiger partial charge in [0.05, 0.1) is 18.1 Å². The second kappa shape index (κ2) is 7.53.